The highest BCUT2D eigenvalue weighted by Gasteiger charge is 2.30. The van der Waals surface area contributed by atoms with Gasteiger partial charge in [0, 0.05) is 18.7 Å². The van der Waals surface area contributed by atoms with E-state index < -0.39 is 5.41 Å². The maximum Gasteiger partial charge on any atom is 0.234 e. The Kier molecular flexibility index (Phi) is 6.15. The number of rotatable bonds is 7. The topological polar surface area (TPSA) is 82.3 Å². The largest absolute Gasteiger partial charge is 0.494 e. The van der Waals surface area contributed by atoms with E-state index in [9.17, 15) is 4.79 Å². The van der Waals surface area contributed by atoms with Gasteiger partial charge in [-0.1, -0.05) is 12.1 Å². The highest BCUT2D eigenvalue weighted by Crippen LogP contribution is 2.26. The first-order valence-electron chi connectivity index (χ1n) is 8.13. The number of nitrogens with zero attached hydrogens (tertiary/aromatic N) is 1. The Labute approximate surface area is 147 Å². The summed E-state index contributed by atoms with van der Waals surface area (Å²) in [6.45, 7) is 4.19. The first kappa shape index (κ1) is 18.5. The van der Waals surface area contributed by atoms with Gasteiger partial charge in [-0.05, 0) is 55.8 Å². The highest BCUT2D eigenvalue weighted by atomic mass is 16.5. The van der Waals surface area contributed by atoms with E-state index in [0.717, 1.165) is 5.56 Å². The van der Waals surface area contributed by atoms with Gasteiger partial charge in [-0.15, -0.1) is 0 Å². The minimum Gasteiger partial charge on any atom is -0.494 e. The average molecular weight is 338 g/mol. The minimum atomic E-state index is -0.775. The number of hydrogen-bond donors (Lipinski definition) is 2. The van der Waals surface area contributed by atoms with Gasteiger partial charge in [0.2, 0.25) is 5.91 Å². The van der Waals surface area contributed by atoms with Gasteiger partial charge in [0.1, 0.15) is 5.75 Å². The lowest BCUT2D eigenvalue weighted by Crippen LogP contribution is -2.34. The number of aliphatic hydroxyl groups is 1. The standard InChI is InChI=1S/C20H22N2O3/c1-20(2,16-6-3-5-15(13-16)14-21)19(24)22-17-7-9-18(10-8-17)25-12-4-11-23/h3,5-10,13,23H,4,11-12H2,1-2H3,(H,22,24). The van der Waals surface area contributed by atoms with Crippen LogP contribution in [0.1, 0.15) is 31.4 Å². The van der Waals surface area contributed by atoms with Crippen LogP contribution in [0, 0.1) is 11.3 Å². The zero-order valence-corrected chi connectivity index (χ0v) is 14.5. The highest BCUT2D eigenvalue weighted by molar-refractivity contribution is 5.98. The molecule has 0 atom stereocenters. The van der Waals surface area contributed by atoms with Crippen LogP contribution >= 0.6 is 0 Å². The zero-order valence-electron chi connectivity index (χ0n) is 14.5. The molecule has 2 aromatic carbocycles. The second kappa shape index (κ2) is 8.32. The van der Waals surface area contributed by atoms with Gasteiger partial charge < -0.3 is 15.2 Å². The maximum atomic E-state index is 12.7. The molecule has 2 N–H and O–H groups in total. The molecule has 1 amide bonds. The summed E-state index contributed by atoms with van der Waals surface area (Å²) in [5.41, 5.74) is 1.21. The Morgan fingerprint density at radius 1 is 1.24 bits per heavy atom. The first-order valence-corrected chi connectivity index (χ1v) is 8.13. The molecule has 5 heteroatoms. The van der Waals surface area contributed by atoms with Crippen LogP contribution in [0.2, 0.25) is 0 Å². The molecule has 0 heterocycles. The van der Waals surface area contributed by atoms with Gasteiger partial charge in [0.15, 0.2) is 0 Å². The van der Waals surface area contributed by atoms with Crippen molar-refractivity contribution in [3.63, 3.8) is 0 Å². The number of hydrogen-bond acceptors (Lipinski definition) is 4. The fraction of sp³-hybridized carbons (Fsp3) is 0.300. The normalized spacial score (nSPS) is 10.8. The maximum absolute atomic E-state index is 12.7. The number of carbonyl (C=O) groups excluding carboxylic acids is 1. The lowest BCUT2D eigenvalue weighted by molar-refractivity contribution is -0.120. The van der Waals surface area contributed by atoms with Crippen LogP contribution in [0.25, 0.3) is 0 Å². The summed E-state index contributed by atoms with van der Waals surface area (Å²) in [4.78, 5) is 12.7. The molecule has 0 unspecified atom stereocenters. The van der Waals surface area contributed by atoms with Gasteiger partial charge in [-0.25, -0.2) is 0 Å². The van der Waals surface area contributed by atoms with Crippen molar-refractivity contribution in [1.29, 1.82) is 5.26 Å². The molecule has 2 rings (SSSR count). The molecule has 130 valence electrons. The molecule has 0 aliphatic rings. The van der Waals surface area contributed by atoms with Crippen LogP contribution in [-0.2, 0) is 10.2 Å². The third kappa shape index (κ3) is 4.82. The van der Waals surface area contributed by atoms with Crippen molar-refractivity contribution >= 4 is 11.6 Å². The van der Waals surface area contributed by atoms with Crippen molar-refractivity contribution in [2.45, 2.75) is 25.7 Å². The number of ether oxygens (including phenoxy) is 1. The lowest BCUT2D eigenvalue weighted by Gasteiger charge is -2.24. The Balaban J connectivity index is 2.06. The number of aliphatic hydroxyl groups excluding tert-OH is 1. The van der Waals surface area contributed by atoms with Crippen molar-refractivity contribution in [3.05, 3.63) is 59.7 Å². The average Bonchev–Trinajstić information content (AvgIpc) is 2.63. The number of benzene rings is 2. The van der Waals surface area contributed by atoms with Gasteiger partial charge in [-0.3, -0.25) is 4.79 Å². The number of carbonyl (C=O) groups is 1. The molecular formula is C20H22N2O3. The molecule has 0 aromatic heterocycles. The van der Waals surface area contributed by atoms with Crippen LogP contribution < -0.4 is 10.1 Å². The lowest BCUT2D eigenvalue weighted by atomic mass is 9.83. The van der Waals surface area contributed by atoms with E-state index in [0.29, 0.717) is 30.0 Å². The Morgan fingerprint density at radius 3 is 2.60 bits per heavy atom. The van der Waals surface area contributed by atoms with Crippen molar-refractivity contribution in [3.8, 4) is 11.8 Å². The Morgan fingerprint density at radius 2 is 1.96 bits per heavy atom. The zero-order chi connectivity index (χ0) is 18.3. The molecule has 0 aliphatic carbocycles. The summed E-state index contributed by atoms with van der Waals surface area (Å²) in [6.07, 6.45) is 0.578. The fourth-order valence-electron chi connectivity index (χ4n) is 2.29. The monoisotopic (exact) mass is 338 g/mol. The second-order valence-electron chi connectivity index (χ2n) is 6.22. The van der Waals surface area contributed by atoms with Gasteiger partial charge in [0.05, 0.1) is 23.7 Å². The van der Waals surface area contributed by atoms with Crippen LogP contribution in [-0.4, -0.2) is 24.2 Å². The smallest absolute Gasteiger partial charge is 0.234 e. The van der Waals surface area contributed by atoms with E-state index in [4.69, 9.17) is 15.1 Å². The number of amides is 1. The molecule has 0 saturated carbocycles. The molecule has 0 aliphatic heterocycles. The van der Waals surface area contributed by atoms with E-state index >= 15 is 0 Å². The van der Waals surface area contributed by atoms with Gasteiger partial charge in [-0.2, -0.15) is 5.26 Å². The summed E-state index contributed by atoms with van der Waals surface area (Å²) in [6, 6.07) is 16.3. The van der Waals surface area contributed by atoms with E-state index in [2.05, 4.69) is 11.4 Å². The number of nitrogens with one attached hydrogen (secondary N) is 1. The van der Waals surface area contributed by atoms with E-state index in [1.54, 1.807) is 42.5 Å². The molecule has 25 heavy (non-hydrogen) atoms. The van der Waals surface area contributed by atoms with Crippen molar-refractivity contribution < 1.29 is 14.6 Å². The van der Waals surface area contributed by atoms with Crippen LogP contribution in [0.5, 0.6) is 5.75 Å². The summed E-state index contributed by atoms with van der Waals surface area (Å²) in [7, 11) is 0. The predicted molar refractivity (Wildman–Crippen MR) is 96.5 cm³/mol. The van der Waals surface area contributed by atoms with E-state index in [1.807, 2.05) is 19.9 Å². The van der Waals surface area contributed by atoms with Crippen LogP contribution in [0.3, 0.4) is 0 Å². The fourth-order valence-corrected chi connectivity index (χ4v) is 2.29. The summed E-state index contributed by atoms with van der Waals surface area (Å²) in [5.74, 6) is 0.531. The van der Waals surface area contributed by atoms with Crippen molar-refractivity contribution in [2.75, 3.05) is 18.5 Å². The molecule has 0 bridgehead atoms. The second-order valence-corrected chi connectivity index (χ2v) is 6.22. The molecular weight excluding hydrogens is 316 g/mol. The summed E-state index contributed by atoms with van der Waals surface area (Å²) >= 11 is 0. The third-order valence-electron chi connectivity index (χ3n) is 3.96. The minimum absolute atomic E-state index is 0.0935. The first-order chi connectivity index (χ1) is 12.0. The molecule has 2 aromatic rings. The molecule has 0 spiro atoms. The Hall–Kier alpha value is -2.84. The Bertz CT molecular complexity index is 761. The SMILES string of the molecule is CC(C)(C(=O)Nc1ccc(OCCCO)cc1)c1cccc(C#N)c1. The molecule has 0 radical (unpaired) electrons. The summed E-state index contributed by atoms with van der Waals surface area (Å²) in [5, 5.41) is 20.7. The quantitative estimate of drug-likeness (QED) is 0.759. The van der Waals surface area contributed by atoms with Crippen LogP contribution in [0.4, 0.5) is 5.69 Å². The molecule has 0 saturated heterocycles. The van der Waals surface area contributed by atoms with Crippen molar-refractivity contribution in [1.82, 2.24) is 0 Å². The van der Waals surface area contributed by atoms with Crippen molar-refractivity contribution in [2.24, 2.45) is 0 Å². The van der Waals surface area contributed by atoms with Gasteiger partial charge in [0.25, 0.3) is 0 Å². The summed E-state index contributed by atoms with van der Waals surface area (Å²) < 4.78 is 5.47. The van der Waals surface area contributed by atoms with Crippen LogP contribution in [0.15, 0.2) is 48.5 Å². The molecule has 0 fully saturated rings. The number of anilines is 1. The van der Waals surface area contributed by atoms with Gasteiger partial charge >= 0.3 is 0 Å². The third-order valence-corrected chi connectivity index (χ3v) is 3.96. The van der Waals surface area contributed by atoms with E-state index in [-0.39, 0.29) is 12.5 Å². The number of nitriles is 1. The molecule has 5 nitrogen and oxygen atoms in total. The predicted octanol–water partition coefficient (Wildman–Crippen LogP) is 3.24. The van der Waals surface area contributed by atoms with E-state index in [1.165, 1.54) is 0 Å².